The van der Waals surface area contributed by atoms with E-state index in [2.05, 4.69) is 5.32 Å². The van der Waals surface area contributed by atoms with Crippen LogP contribution in [0.15, 0.2) is 72.8 Å². The molecule has 29 heavy (non-hydrogen) atoms. The normalized spacial score (nSPS) is 10.1. The summed E-state index contributed by atoms with van der Waals surface area (Å²) in [6.45, 7) is -0.524. The zero-order valence-corrected chi connectivity index (χ0v) is 15.6. The van der Waals surface area contributed by atoms with Crippen molar-refractivity contribution in [3.8, 4) is 23.0 Å². The van der Waals surface area contributed by atoms with Crippen molar-refractivity contribution < 1.29 is 28.9 Å². The van der Waals surface area contributed by atoms with E-state index >= 15 is 0 Å². The number of benzene rings is 3. The number of aromatic hydroxyl groups is 1. The number of amides is 1. The number of methoxy groups -OCH3 is 1. The van der Waals surface area contributed by atoms with E-state index in [1.54, 1.807) is 36.4 Å². The second-order valence-electron chi connectivity index (χ2n) is 5.92. The Bertz CT molecular complexity index is 1000. The van der Waals surface area contributed by atoms with Gasteiger partial charge in [0.25, 0.3) is 5.91 Å². The molecule has 0 saturated carbocycles. The minimum atomic E-state index is -0.825. The molecule has 0 radical (unpaired) electrons. The molecule has 7 heteroatoms. The molecule has 1 amide bonds. The minimum absolute atomic E-state index is 0.0635. The van der Waals surface area contributed by atoms with Crippen molar-refractivity contribution in [1.29, 1.82) is 0 Å². The number of hydrogen-bond donors (Lipinski definition) is 2. The zero-order valence-electron chi connectivity index (χ0n) is 15.6. The van der Waals surface area contributed by atoms with E-state index in [1.165, 1.54) is 25.3 Å². The largest absolute Gasteiger partial charge is 0.507 e. The minimum Gasteiger partial charge on any atom is -0.507 e. The molecule has 7 nitrogen and oxygen atoms in total. The number of phenols is 1. The van der Waals surface area contributed by atoms with Gasteiger partial charge in [0, 0.05) is 6.07 Å². The Morgan fingerprint density at radius 3 is 2.38 bits per heavy atom. The summed E-state index contributed by atoms with van der Waals surface area (Å²) in [6, 6.07) is 20.2. The van der Waals surface area contributed by atoms with E-state index in [-0.39, 0.29) is 11.3 Å². The number of anilines is 1. The van der Waals surface area contributed by atoms with E-state index in [0.29, 0.717) is 22.9 Å². The van der Waals surface area contributed by atoms with Gasteiger partial charge in [0.15, 0.2) is 12.4 Å². The molecule has 0 heterocycles. The fourth-order valence-corrected chi connectivity index (χ4v) is 2.48. The molecule has 0 unspecified atom stereocenters. The van der Waals surface area contributed by atoms with Crippen LogP contribution in [0.3, 0.4) is 0 Å². The number of hydrogen-bond acceptors (Lipinski definition) is 6. The number of carbonyl (C=O) groups is 2. The third-order valence-corrected chi connectivity index (χ3v) is 3.89. The van der Waals surface area contributed by atoms with E-state index < -0.39 is 18.5 Å². The lowest BCUT2D eigenvalue weighted by Crippen LogP contribution is -2.21. The van der Waals surface area contributed by atoms with Crippen LogP contribution in [-0.4, -0.2) is 30.7 Å². The van der Waals surface area contributed by atoms with Crippen LogP contribution in [0, 0.1) is 0 Å². The predicted octanol–water partition coefficient (Wildman–Crippen LogP) is 3.99. The SMILES string of the molecule is COc1ccc(C(=O)OCC(=O)Nc2ccccc2Oc2ccccc2)c(O)c1. The van der Waals surface area contributed by atoms with Crippen LogP contribution < -0.4 is 14.8 Å². The summed E-state index contributed by atoms with van der Waals surface area (Å²) in [5, 5.41) is 12.5. The first kappa shape index (κ1) is 19.8. The van der Waals surface area contributed by atoms with Crippen LogP contribution in [0.2, 0.25) is 0 Å². The van der Waals surface area contributed by atoms with Gasteiger partial charge in [0.2, 0.25) is 0 Å². The van der Waals surface area contributed by atoms with Crippen LogP contribution in [0.1, 0.15) is 10.4 Å². The van der Waals surface area contributed by atoms with Crippen molar-refractivity contribution in [1.82, 2.24) is 0 Å². The highest BCUT2D eigenvalue weighted by Crippen LogP contribution is 2.29. The average molecular weight is 393 g/mol. The van der Waals surface area contributed by atoms with Crippen molar-refractivity contribution in [2.24, 2.45) is 0 Å². The standard InChI is InChI=1S/C22H19NO6/c1-27-16-11-12-17(19(24)13-16)22(26)28-14-21(25)23-18-9-5-6-10-20(18)29-15-7-3-2-4-8-15/h2-13,24H,14H2,1H3,(H,23,25). The molecule has 0 atom stereocenters. The highest BCUT2D eigenvalue weighted by molar-refractivity contribution is 5.97. The first-order chi connectivity index (χ1) is 14.1. The first-order valence-electron chi connectivity index (χ1n) is 8.72. The van der Waals surface area contributed by atoms with Gasteiger partial charge in [-0.15, -0.1) is 0 Å². The Morgan fingerprint density at radius 2 is 1.66 bits per heavy atom. The van der Waals surface area contributed by atoms with E-state index in [9.17, 15) is 14.7 Å². The van der Waals surface area contributed by atoms with Gasteiger partial charge >= 0.3 is 5.97 Å². The summed E-state index contributed by atoms with van der Waals surface area (Å²) in [4.78, 5) is 24.3. The quantitative estimate of drug-likeness (QED) is 0.590. The molecule has 0 aromatic heterocycles. The molecule has 0 spiro atoms. The second kappa shape index (κ2) is 9.27. The molecular weight excluding hydrogens is 374 g/mol. The molecule has 0 aliphatic carbocycles. The summed E-state index contributed by atoms with van der Waals surface area (Å²) in [6.07, 6.45) is 0. The molecule has 0 aliphatic heterocycles. The van der Waals surface area contributed by atoms with E-state index in [0.717, 1.165) is 0 Å². The van der Waals surface area contributed by atoms with E-state index in [4.69, 9.17) is 14.2 Å². The number of para-hydroxylation sites is 3. The highest BCUT2D eigenvalue weighted by atomic mass is 16.5. The molecule has 148 valence electrons. The fraction of sp³-hybridized carbons (Fsp3) is 0.0909. The van der Waals surface area contributed by atoms with Crippen molar-refractivity contribution in [2.75, 3.05) is 19.0 Å². The first-order valence-corrected chi connectivity index (χ1v) is 8.72. The highest BCUT2D eigenvalue weighted by Gasteiger charge is 2.16. The number of phenolic OH excluding ortho intramolecular Hbond substituents is 1. The lowest BCUT2D eigenvalue weighted by Gasteiger charge is -2.12. The molecule has 3 aromatic carbocycles. The Morgan fingerprint density at radius 1 is 0.931 bits per heavy atom. The second-order valence-corrected chi connectivity index (χ2v) is 5.92. The molecule has 0 bridgehead atoms. The van der Waals surface area contributed by atoms with Gasteiger partial charge in [-0.1, -0.05) is 30.3 Å². The molecule has 3 aromatic rings. The van der Waals surface area contributed by atoms with Crippen molar-refractivity contribution in [3.63, 3.8) is 0 Å². The lowest BCUT2D eigenvalue weighted by molar-refractivity contribution is -0.119. The predicted molar refractivity (Wildman–Crippen MR) is 107 cm³/mol. The third kappa shape index (κ3) is 5.26. The monoisotopic (exact) mass is 393 g/mol. The zero-order chi connectivity index (χ0) is 20.6. The van der Waals surface area contributed by atoms with Gasteiger partial charge in [0.1, 0.15) is 22.8 Å². The molecule has 2 N–H and O–H groups in total. The number of carbonyl (C=O) groups excluding carboxylic acids is 2. The van der Waals surface area contributed by atoms with Gasteiger partial charge in [0.05, 0.1) is 12.8 Å². The number of esters is 1. The van der Waals surface area contributed by atoms with Crippen molar-refractivity contribution in [2.45, 2.75) is 0 Å². The Hall–Kier alpha value is -4.00. The van der Waals surface area contributed by atoms with Crippen molar-refractivity contribution >= 4 is 17.6 Å². The van der Waals surface area contributed by atoms with Gasteiger partial charge in [-0.25, -0.2) is 4.79 Å². The third-order valence-electron chi connectivity index (χ3n) is 3.89. The van der Waals surface area contributed by atoms with E-state index in [1.807, 2.05) is 18.2 Å². The molecule has 0 aliphatic rings. The summed E-state index contributed by atoms with van der Waals surface area (Å²) in [7, 11) is 1.44. The molecule has 0 saturated heterocycles. The Labute approximate surface area is 167 Å². The van der Waals surface area contributed by atoms with Crippen LogP contribution in [0.25, 0.3) is 0 Å². The summed E-state index contributed by atoms with van der Waals surface area (Å²) >= 11 is 0. The summed E-state index contributed by atoms with van der Waals surface area (Å²) in [5.74, 6) is -0.199. The maximum Gasteiger partial charge on any atom is 0.342 e. The maximum atomic E-state index is 12.2. The Kier molecular flexibility index (Phi) is 6.32. The number of rotatable bonds is 7. The van der Waals surface area contributed by atoms with Gasteiger partial charge in [-0.2, -0.15) is 0 Å². The summed E-state index contributed by atoms with van der Waals surface area (Å²) in [5.41, 5.74) is 0.371. The Balaban J connectivity index is 1.61. The fourth-order valence-electron chi connectivity index (χ4n) is 2.48. The van der Waals surface area contributed by atoms with Crippen LogP contribution >= 0.6 is 0 Å². The van der Waals surface area contributed by atoms with Crippen molar-refractivity contribution in [3.05, 3.63) is 78.4 Å². The number of ether oxygens (including phenoxy) is 3. The molecular formula is C22H19NO6. The average Bonchev–Trinajstić information content (AvgIpc) is 2.74. The van der Waals surface area contributed by atoms with Gasteiger partial charge in [-0.3, -0.25) is 4.79 Å². The van der Waals surface area contributed by atoms with Crippen LogP contribution in [0.5, 0.6) is 23.0 Å². The van der Waals surface area contributed by atoms with Crippen LogP contribution in [0.4, 0.5) is 5.69 Å². The lowest BCUT2D eigenvalue weighted by atomic mass is 10.2. The summed E-state index contributed by atoms with van der Waals surface area (Å²) < 4.78 is 15.7. The topological polar surface area (TPSA) is 94.1 Å². The molecule has 3 rings (SSSR count). The smallest absolute Gasteiger partial charge is 0.342 e. The number of nitrogens with one attached hydrogen (secondary N) is 1. The van der Waals surface area contributed by atoms with Gasteiger partial charge in [-0.05, 0) is 36.4 Å². The molecule has 0 fully saturated rings. The van der Waals surface area contributed by atoms with Crippen LogP contribution in [-0.2, 0) is 9.53 Å². The maximum absolute atomic E-state index is 12.2. The van der Waals surface area contributed by atoms with Gasteiger partial charge < -0.3 is 24.6 Å².